The lowest BCUT2D eigenvalue weighted by molar-refractivity contribution is -0.125. The highest BCUT2D eigenvalue weighted by molar-refractivity contribution is 5.96. The van der Waals surface area contributed by atoms with Crippen molar-refractivity contribution in [3.05, 3.63) is 12.2 Å². The first kappa shape index (κ1) is 8.97. The second-order valence-corrected chi connectivity index (χ2v) is 2.98. The maximum atomic E-state index is 11.2. The first-order valence-electron chi connectivity index (χ1n) is 4.17. The number of hydrogen-bond acceptors (Lipinski definition) is 2. The molecule has 0 spiro atoms. The Labute approximate surface area is 72.0 Å². The Hall–Kier alpha value is -1.12. The third-order valence-electron chi connectivity index (χ3n) is 1.88. The van der Waals surface area contributed by atoms with Crippen LogP contribution in [0, 0.1) is 0 Å². The topological polar surface area (TPSA) is 37.4 Å². The van der Waals surface area contributed by atoms with Crippen LogP contribution in [0.4, 0.5) is 0 Å². The molecule has 0 atom stereocenters. The van der Waals surface area contributed by atoms with Crippen molar-refractivity contribution in [2.24, 2.45) is 0 Å². The van der Waals surface area contributed by atoms with E-state index in [1.807, 2.05) is 0 Å². The van der Waals surface area contributed by atoms with Gasteiger partial charge in [-0.05, 0) is 25.8 Å². The van der Waals surface area contributed by atoms with Gasteiger partial charge in [0.15, 0.2) is 5.78 Å². The standard InChI is InChI=1S/C9H13NO2/c1-8(11)4-5-9(12)10-6-2-3-7-10/h4-5H,2-3,6-7H2,1H3/b5-4+. The van der Waals surface area contributed by atoms with E-state index in [4.69, 9.17) is 0 Å². The van der Waals surface area contributed by atoms with Crippen molar-refractivity contribution < 1.29 is 9.59 Å². The van der Waals surface area contributed by atoms with Crippen molar-refractivity contribution >= 4 is 11.7 Å². The number of hydrogen-bond donors (Lipinski definition) is 0. The van der Waals surface area contributed by atoms with E-state index in [0.29, 0.717) is 0 Å². The molecule has 1 heterocycles. The summed E-state index contributed by atoms with van der Waals surface area (Å²) in [6, 6.07) is 0. The van der Waals surface area contributed by atoms with Gasteiger partial charge in [0.05, 0.1) is 0 Å². The van der Waals surface area contributed by atoms with Gasteiger partial charge in [0.25, 0.3) is 0 Å². The molecule has 0 saturated carbocycles. The Bertz CT molecular complexity index is 215. The zero-order valence-electron chi connectivity index (χ0n) is 7.25. The molecule has 0 bridgehead atoms. The van der Waals surface area contributed by atoms with E-state index in [1.54, 1.807) is 4.90 Å². The SMILES string of the molecule is CC(=O)/C=C/C(=O)N1CCCC1. The highest BCUT2D eigenvalue weighted by Crippen LogP contribution is 2.07. The van der Waals surface area contributed by atoms with E-state index < -0.39 is 0 Å². The number of rotatable bonds is 2. The zero-order valence-corrected chi connectivity index (χ0v) is 7.25. The van der Waals surface area contributed by atoms with Crippen molar-refractivity contribution in [1.82, 2.24) is 4.90 Å². The molecule has 3 nitrogen and oxygen atoms in total. The number of carbonyl (C=O) groups is 2. The van der Waals surface area contributed by atoms with Crippen LogP contribution in [0.25, 0.3) is 0 Å². The van der Waals surface area contributed by atoms with E-state index in [-0.39, 0.29) is 11.7 Å². The fraction of sp³-hybridized carbons (Fsp3) is 0.556. The molecule has 0 aliphatic carbocycles. The van der Waals surface area contributed by atoms with Crippen molar-refractivity contribution in [1.29, 1.82) is 0 Å². The van der Waals surface area contributed by atoms with Gasteiger partial charge in [-0.3, -0.25) is 9.59 Å². The second-order valence-electron chi connectivity index (χ2n) is 2.98. The summed E-state index contributed by atoms with van der Waals surface area (Å²) in [5.41, 5.74) is 0. The van der Waals surface area contributed by atoms with Gasteiger partial charge in [-0.2, -0.15) is 0 Å². The van der Waals surface area contributed by atoms with Gasteiger partial charge in [-0.15, -0.1) is 0 Å². The lowest BCUT2D eigenvalue weighted by atomic mass is 10.3. The minimum atomic E-state index is -0.0810. The van der Waals surface area contributed by atoms with Crippen LogP contribution in [0.5, 0.6) is 0 Å². The molecule has 1 rings (SSSR count). The van der Waals surface area contributed by atoms with Crippen LogP contribution in [0.1, 0.15) is 19.8 Å². The van der Waals surface area contributed by atoms with Gasteiger partial charge in [0.1, 0.15) is 0 Å². The summed E-state index contributed by atoms with van der Waals surface area (Å²) in [5, 5.41) is 0. The van der Waals surface area contributed by atoms with Gasteiger partial charge >= 0.3 is 0 Å². The maximum absolute atomic E-state index is 11.2. The molecule has 0 N–H and O–H groups in total. The number of amides is 1. The molecular formula is C9H13NO2. The highest BCUT2D eigenvalue weighted by Gasteiger charge is 2.14. The van der Waals surface area contributed by atoms with Crippen LogP contribution < -0.4 is 0 Å². The summed E-state index contributed by atoms with van der Waals surface area (Å²) in [6.45, 7) is 3.11. The van der Waals surface area contributed by atoms with Crippen molar-refractivity contribution in [3.63, 3.8) is 0 Å². The zero-order chi connectivity index (χ0) is 8.97. The predicted octanol–water partition coefficient (Wildman–Crippen LogP) is 0.754. The minimum Gasteiger partial charge on any atom is -0.339 e. The Morgan fingerprint density at radius 3 is 2.25 bits per heavy atom. The lowest BCUT2D eigenvalue weighted by Gasteiger charge is -2.11. The number of carbonyl (C=O) groups excluding carboxylic acids is 2. The van der Waals surface area contributed by atoms with Gasteiger partial charge in [0.2, 0.25) is 5.91 Å². The maximum Gasteiger partial charge on any atom is 0.246 e. The number of ketones is 1. The van der Waals surface area contributed by atoms with Crippen molar-refractivity contribution in [3.8, 4) is 0 Å². The Morgan fingerprint density at radius 2 is 1.75 bits per heavy atom. The van der Waals surface area contributed by atoms with Gasteiger partial charge in [-0.1, -0.05) is 0 Å². The Morgan fingerprint density at radius 1 is 1.17 bits per heavy atom. The predicted molar refractivity (Wildman–Crippen MR) is 45.6 cm³/mol. The molecular weight excluding hydrogens is 154 g/mol. The van der Waals surface area contributed by atoms with Crippen molar-refractivity contribution in [2.45, 2.75) is 19.8 Å². The molecule has 1 saturated heterocycles. The van der Waals surface area contributed by atoms with Gasteiger partial charge in [-0.25, -0.2) is 0 Å². The van der Waals surface area contributed by atoms with Crippen LogP contribution in [0.2, 0.25) is 0 Å². The molecule has 1 aliphatic rings. The summed E-state index contributed by atoms with van der Waals surface area (Å²) in [4.78, 5) is 23.5. The largest absolute Gasteiger partial charge is 0.339 e. The van der Waals surface area contributed by atoms with Crippen LogP contribution in [0.3, 0.4) is 0 Å². The van der Waals surface area contributed by atoms with Crippen LogP contribution in [0.15, 0.2) is 12.2 Å². The monoisotopic (exact) mass is 167 g/mol. The average Bonchev–Trinajstić information content (AvgIpc) is 2.51. The molecule has 3 heteroatoms. The molecule has 12 heavy (non-hydrogen) atoms. The van der Waals surface area contributed by atoms with Crippen molar-refractivity contribution in [2.75, 3.05) is 13.1 Å². The fourth-order valence-corrected chi connectivity index (χ4v) is 1.23. The molecule has 1 amide bonds. The number of nitrogens with zero attached hydrogens (tertiary/aromatic N) is 1. The van der Waals surface area contributed by atoms with Gasteiger partial charge < -0.3 is 4.90 Å². The van der Waals surface area contributed by atoms with Crippen LogP contribution in [-0.2, 0) is 9.59 Å². The summed E-state index contributed by atoms with van der Waals surface area (Å²) in [6.07, 6.45) is 4.84. The molecule has 0 aromatic rings. The van der Waals surface area contributed by atoms with Crippen LogP contribution >= 0.6 is 0 Å². The van der Waals surface area contributed by atoms with E-state index in [0.717, 1.165) is 25.9 Å². The summed E-state index contributed by atoms with van der Waals surface area (Å²) in [5.74, 6) is -0.120. The molecule has 0 aromatic heterocycles. The molecule has 0 aromatic carbocycles. The quantitative estimate of drug-likeness (QED) is 0.569. The molecule has 66 valence electrons. The van der Waals surface area contributed by atoms with Crippen LogP contribution in [-0.4, -0.2) is 29.7 Å². The first-order valence-corrected chi connectivity index (χ1v) is 4.17. The van der Waals surface area contributed by atoms with E-state index >= 15 is 0 Å². The second kappa shape index (κ2) is 4.04. The third-order valence-corrected chi connectivity index (χ3v) is 1.88. The minimum absolute atomic E-state index is 0.0392. The van der Waals surface area contributed by atoms with Gasteiger partial charge in [0, 0.05) is 19.2 Å². The fourth-order valence-electron chi connectivity index (χ4n) is 1.23. The molecule has 0 radical (unpaired) electrons. The summed E-state index contributed by atoms with van der Waals surface area (Å²) >= 11 is 0. The number of allylic oxidation sites excluding steroid dienone is 1. The molecule has 1 fully saturated rings. The summed E-state index contributed by atoms with van der Waals surface area (Å²) in [7, 11) is 0. The average molecular weight is 167 g/mol. The molecule has 0 unspecified atom stereocenters. The Balaban J connectivity index is 2.42. The summed E-state index contributed by atoms with van der Waals surface area (Å²) < 4.78 is 0. The lowest BCUT2D eigenvalue weighted by Crippen LogP contribution is -2.25. The Kier molecular flexibility index (Phi) is 3.02. The molecule has 1 aliphatic heterocycles. The normalized spacial score (nSPS) is 17.2. The number of likely N-dealkylation sites (tertiary alicyclic amines) is 1. The van der Waals surface area contributed by atoms with E-state index in [9.17, 15) is 9.59 Å². The first-order chi connectivity index (χ1) is 5.70. The third kappa shape index (κ3) is 2.49. The van der Waals surface area contributed by atoms with E-state index in [2.05, 4.69) is 0 Å². The highest BCUT2D eigenvalue weighted by atomic mass is 16.2. The van der Waals surface area contributed by atoms with E-state index in [1.165, 1.54) is 19.1 Å². The smallest absolute Gasteiger partial charge is 0.246 e.